The Morgan fingerprint density at radius 3 is 3.16 bits per heavy atom. The highest BCUT2D eigenvalue weighted by atomic mass is 16.5. The van der Waals surface area contributed by atoms with Gasteiger partial charge in [0, 0.05) is 12.7 Å². The molecule has 1 aromatic rings. The van der Waals surface area contributed by atoms with Crippen molar-refractivity contribution < 1.29 is 14.3 Å². The van der Waals surface area contributed by atoms with Crippen molar-refractivity contribution in [3.05, 3.63) is 23.9 Å². The number of carbonyl (C=O) groups is 1. The first-order valence-electron chi connectivity index (χ1n) is 6.60. The SMILES string of the molecule is COc1cccc(CNC(=O)C2CCCOC2C)n1. The molecule has 1 saturated heterocycles. The number of rotatable bonds is 4. The van der Waals surface area contributed by atoms with Crippen LogP contribution in [-0.2, 0) is 16.1 Å². The molecule has 2 heterocycles. The van der Waals surface area contributed by atoms with Crippen LogP contribution in [0.1, 0.15) is 25.5 Å². The number of nitrogens with one attached hydrogen (secondary N) is 1. The number of ether oxygens (including phenoxy) is 2. The van der Waals surface area contributed by atoms with Gasteiger partial charge in [0.05, 0.1) is 31.4 Å². The van der Waals surface area contributed by atoms with Crippen LogP contribution in [0.4, 0.5) is 0 Å². The van der Waals surface area contributed by atoms with E-state index in [0.717, 1.165) is 25.1 Å². The van der Waals surface area contributed by atoms with Crippen LogP contribution in [0.5, 0.6) is 5.88 Å². The molecule has 0 aliphatic carbocycles. The highest BCUT2D eigenvalue weighted by Crippen LogP contribution is 2.20. The van der Waals surface area contributed by atoms with Crippen LogP contribution in [0.15, 0.2) is 18.2 Å². The number of carbonyl (C=O) groups excluding carboxylic acids is 1. The normalized spacial score (nSPS) is 22.8. The van der Waals surface area contributed by atoms with Crippen molar-refractivity contribution in [2.45, 2.75) is 32.4 Å². The maximum absolute atomic E-state index is 12.1. The van der Waals surface area contributed by atoms with Gasteiger partial charge in [-0.15, -0.1) is 0 Å². The molecule has 0 aromatic carbocycles. The van der Waals surface area contributed by atoms with Crippen LogP contribution in [-0.4, -0.2) is 30.7 Å². The maximum atomic E-state index is 12.1. The summed E-state index contributed by atoms with van der Waals surface area (Å²) >= 11 is 0. The fourth-order valence-corrected chi connectivity index (χ4v) is 2.25. The fourth-order valence-electron chi connectivity index (χ4n) is 2.25. The molecule has 5 heteroatoms. The minimum absolute atomic E-state index is 0.00739. The van der Waals surface area contributed by atoms with E-state index in [9.17, 15) is 4.79 Å². The third-order valence-electron chi connectivity index (χ3n) is 3.38. The van der Waals surface area contributed by atoms with E-state index in [1.807, 2.05) is 19.1 Å². The quantitative estimate of drug-likeness (QED) is 0.895. The highest BCUT2D eigenvalue weighted by molar-refractivity contribution is 5.79. The summed E-state index contributed by atoms with van der Waals surface area (Å²) in [6.45, 7) is 3.12. The van der Waals surface area contributed by atoms with Crippen molar-refractivity contribution in [1.82, 2.24) is 10.3 Å². The molecule has 1 aromatic heterocycles. The van der Waals surface area contributed by atoms with Crippen molar-refractivity contribution >= 4 is 5.91 Å². The summed E-state index contributed by atoms with van der Waals surface area (Å²) in [6.07, 6.45) is 1.82. The van der Waals surface area contributed by atoms with E-state index in [1.165, 1.54) is 0 Å². The molecule has 1 amide bonds. The van der Waals surface area contributed by atoms with Gasteiger partial charge in [0.15, 0.2) is 0 Å². The molecule has 2 unspecified atom stereocenters. The summed E-state index contributed by atoms with van der Waals surface area (Å²) in [6, 6.07) is 5.51. The maximum Gasteiger partial charge on any atom is 0.226 e. The first kappa shape index (κ1) is 13.8. The Hall–Kier alpha value is -1.62. The van der Waals surface area contributed by atoms with Gasteiger partial charge in [-0.3, -0.25) is 4.79 Å². The van der Waals surface area contributed by atoms with Crippen molar-refractivity contribution in [2.75, 3.05) is 13.7 Å². The molecule has 5 nitrogen and oxygen atoms in total. The Morgan fingerprint density at radius 1 is 1.58 bits per heavy atom. The number of pyridine rings is 1. The largest absolute Gasteiger partial charge is 0.481 e. The summed E-state index contributed by atoms with van der Waals surface area (Å²) in [5, 5.41) is 2.91. The minimum atomic E-state index is -0.0562. The van der Waals surface area contributed by atoms with E-state index in [-0.39, 0.29) is 17.9 Å². The van der Waals surface area contributed by atoms with Crippen LogP contribution in [0.2, 0.25) is 0 Å². The van der Waals surface area contributed by atoms with E-state index in [2.05, 4.69) is 10.3 Å². The Labute approximate surface area is 113 Å². The smallest absolute Gasteiger partial charge is 0.226 e. The molecule has 0 radical (unpaired) electrons. The van der Waals surface area contributed by atoms with E-state index in [0.29, 0.717) is 12.4 Å². The first-order chi connectivity index (χ1) is 9.20. The monoisotopic (exact) mass is 264 g/mol. The Balaban J connectivity index is 1.88. The standard InChI is InChI=1S/C14H20N2O3/c1-10-12(6-4-8-19-10)14(17)15-9-11-5-3-7-13(16-11)18-2/h3,5,7,10,12H,4,6,8-9H2,1-2H3,(H,15,17). The molecule has 0 saturated carbocycles. The molecule has 2 rings (SSSR count). The summed E-state index contributed by atoms with van der Waals surface area (Å²) < 4.78 is 10.6. The summed E-state index contributed by atoms with van der Waals surface area (Å²) in [4.78, 5) is 16.3. The number of aromatic nitrogens is 1. The van der Waals surface area contributed by atoms with Crippen LogP contribution in [0.25, 0.3) is 0 Å². The van der Waals surface area contributed by atoms with Crippen molar-refractivity contribution in [1.29, 1.82) is 0 Å². The number of amides is 1. The molecular weight excluding hydrogens is 244 g/mol. The third-order valence-corrected chi connectivity index (χ3v) is 3.38. The lowest BCUT2D eigenvalue weighted by Gasteiger charge is -2.27. The van der Waals surface area contributed by atoms with Gasteiger partial charge in [0.1, 0.15) is 0 Å². The lowest BCUT2D eigenvalue weighted by Crippen LogP contribution is -2.40. The Bertz CT molecular complexity index is 436. The molecule has 1 aliphatic heterocycles. The minimum Gasteiger partial charge on any atom is -0.481 e. The third kappa shape index (κ3) is 3.67. The van der Waals surface area contributed by atoms with Crippen molar-refractivity contribution in [3.63, 3.8) is 0 Å². The second-order valence-electron chi connectivity index (χ2n) is 4.71. The Kier molecular flexibility index (Phi) is 4.74. The lowest BCUT2D eigenvalue weighted by atomic mass is 9.94. The molecule has 104 valence electrons. The average molecular weight is 264 g/mol. The second-order valence-corrected chi connectivity index (χ2v) is 4.71. The van der Waals surface area contributed by atoms with Crippen LogP contribution in [0.3, 0.4) is 0 Å². The Morgan fingerprint density at radius 2 is 2.42 bits per heavy atom. The summed E-state index contributed by atoms with van der Waals surface area (Å²) in [5.41, 5.74) is 0.789. The molecule has 1 aliphatic rings. The molecular formula is C14H20N2O3. The molecule has 2 atom stereocenters. The van der Waals surface area contributed by atoms with Crippen LogP contribution >= 0.6 is 0 Å². The molecule has 0 bridgehead atoms. The van der Waals surface area contributed by atoms with Gasteiger partial charge in [-0.1, -0.05) is 6.07 Å². The topological polar surface area (TPSA) is 60.5 Å². The molecule has 0 spiro atoms. The van der Waals surface area contributed by atoms with Gasteiger partial charge in [-0.25, -0.2) is 4.98 Å². The van der Waals surface area contributed by atoms with Gasteiger partial charge in [0.2, 0.25) is 11.8 Å². The zero-order chi connectivity index (χ0) is 13.7. The number of hydrogen-bond donors (Lipinski definition) is 1. The van der Waals surface area contributed by atoms with Crippen LogP contribution in [0, 0.1) is 5.92 Å². The van der Waals surface area contributed by atoms with E-state index >= 15 is 0 Å². The summed E-state index contributed by atoms with van der Waals surface area (Å²) in [7, 11) is 1.58. The number of nitrogens with zero attached hydrogens (tertiary/aromatic N) is 1. The van der Waals surface area contributed by atoms with Gasteiger partial charge in [0.25, 0.3) is 0 Å². The first-order valence-corrected chi connectivity index (χ1v) is 6.60. The van der Waals surface area contributed by atoms with Gasteiger partial charge in [-0.05, 0) is 25.8 Å². The molecule has 19 heavy (non-hydrogen) atoms. The number of methoxy groups -OCH3 is 1. The number of hydrogen-bond acceptors (Lipinski definition) is 4. The highest BCUT2D eigenvalue weighted by Gasteiger charge is 2.28. The lowest BCUT2D eigenvalue weighted by molar-refractivity contribution is -0.133. The van der Waals surface area contributed by atoms with Gasteiger partial charge >= 0.3 is 0 Å². The van der Waals surface area contributed by atoms with E-state index in [4.69, 9.17) is 9.47 Å². The zero-order valence-electron chi connectivity index (χ0n) is 11.4. The predicted molar refractivity (Wildman–Crippen MR) is 70.8 cm³/mol. The fraction of sp³-hybridized carbons (Fsp3) is 0.571. The van der Waals surface area contributed by atoms with E-state index in [1.54, 1.807) is 13.2 Å². The van der Waals surface area contributed by atoms with Crippen molar-refractivity contribution in [3.8, 4) is 5.88 Å². The summed E-state index contributed by atoms with van der Waals surface area (Å²) in [5.74, 6) is 0.539. The van der Waals surface area contributed by atoms with Crippen molar-refractivity contribution in [2.24, 2.45) is 5.92 Å². The predicted octanol–water partition coefficient (Wildman–Crippen LogP) is 1.52. The van der Waals surface area contributed by atoms with E-state index < -0.39 is 0 Å². The molecule has 1 fully saturated rings. The second kappa shape index (κ2) is 6.52. The van der Waals surface area contributed by atoms with Gasteiger partial charge < -0.3 is 14.8 Å². The van der Waals surface area contributed by atoms with Crippen LogP contribution < -0.4 is 10.1 Å². The average Bonchev–Trinajstić information content (AvgIpc) is 2.45. The van der Waals surface area contributed by atoms with Gasteiger partial charge in [-0.2, -0.15) is 0 Å². The molecule has 1 N–H and O–H groups in total. The zero-order valence-corrected chi connectivity index (χ0v) is 11.4.